The number of nitrogens with zero attached hydrogens (tertiary/aromatic N) is 3. The number of nitrogens with one attached hydrogen (secondary N) is 1. The van der Waals surface area contributed by atoms with E-state index in [1.165, 1.54) is 12.1 Å². The fraction of sp³-hybridized carbons (Fsp3) is 0.0909. The molecule has 8 heteroatoms. The molecule has 4 rings (SSSR count). The van der Waals surface area contributed by atoms with Gasteiger partial charge in [-0.2, -0.15) is 5.10 Å². The maximum Gasteiger partial charge on any atom is 0.238 e. The van der Waals surface area contributed by atoms with Gasteiger partial charge in [0.25, 0.3) is 0 Å². The smallest absolute Gasteiger partial charge is 0.238 e. The van der Waals surface area contributed by atoms with Gasteiger partial charge in [-0.15, -0.1) is 0 Å². The highest BCUT2D eigenvalue weighted by atomic mass is 32.2. The highest BCUT2D eigenvalue weighted by molar-refractivity contribution is 7.89. The Hall–Kier alpha value is -3.49. The molecule has 4 aromatic rings. The summed E-state index contributed by atoms with van der Waals surface area (Å²) in [6, 6.07) is 20.3. The van der Waals surface area contributed by atoms with Crippen LogP contribution in [0.4, 0.5) is 11.5 Å². The number of aromatic nitrogens is 3. The van der Waals surface area contributed by atoms with E-state index in [1.807, 2.05) is 54.9 Å². The van der Waals surface area contributed by atoms with Gasteiger partial charge in [-0.3, -0.25) is 0 Å². The third-order valence-corrected chi connectivity index (χ3v) is 5.48. The molecule has 0 saturated heterocycles. The SMILES string of the molecule is Cc1cccc(-n2nc(C)cc2-c2ccnc(Nc3cccc(S(N)(=O)=O)c3)c2)c1. The van der Waals surface area contributed by atoms with E-state index in [9.17, 15) is 8.42 Å². The zero-order valence-electron chi connectivity index (χ0n) is 16.6. The van der Waals surface area contributed by atoms with Crippen molar-refractivity contribution in [3.05, 3.63) is 84.2 Å². The van der Waals surface area contributed by atoms with Crippen molar-refractivity contribution in [1.82, 2.24) is 14.8 Å². The van der Waals surface area contributed by atoms with Crippen LogP contribution in [0.3, 0.4) is 0 Å². The van der Waals surface area contributed by atoms with Crippen molar-refractivity contribution in [1.29, 1.82) is 0 Å². The van der Waals surface area contributed by atoms with E-state index >= 15 is 0 Å². The van der Waals surface area contributed by atoms with Gasteiger partial charge < -0.3 is 5.32 Å². The summed E-state index contributed by atoms with van der Waals surface area (Å²) in [5.74, 6) is 0.578. The molecule has 0 aliphatic carbocycles. The van der Waals surface area contributed by atoms with Crippen molar-refractivity contribution in [2.45, 2.75) is 18.7 Å². The monoisotopic (exact) mass is 419 g/mol. The quantitative estimate of drug-likeness (QED) is 0.510. The molecule has 0 radical (unpaired) electrons. The highest BCUT2D eigenvalue weighted by Gasteiger charge is 2.12. The number of aryl methyl sites for hydroxylation is 2. The van der Waals surface area contributed by atoms with Crippen LogP contribution in [-0.4, -0.2) is 23.2 Å². The molecule has 0 unspecified atom stereocenters. The Bertz CT molecular complexity index is 1330. The highest BCUT2D eigenvalue weighted by Crippen LogP contribution is 2.27. The average molecular weight is 420 g/mol. The van der Waals surface area contributed by atoms with Crippen molar-refractivity contribution in [3.63, 3.8) is 0 Å². The van der Waals surface area contributed by atoms with Gasteiger partial charge in [0.05, 0.1) is 22.0 Å². The normalized spacial score (nSPS) is 11.4. The second kappa shape index (κ2) is 7.74. The Morgan fingerprint density at radius 2 is 1.77 bits per heavy atom. The van der Waals surface area contributed by atoms with Gasteiger partial charge in [-0.1, -0.05) is 18.2 Å². The Balaban J connectivity index is 1.70. The molecule has 0 atom stereocenters. The Morgan fingerprint density at radius 3 is 2.53 bits per heavy atom. The predicted molar refractivity (Wildman–Crippen MR) is 117 cm³/mol. The lowest BCUT2D eigenvalue weighted by Gasteiger charge is -2.11. The van der Waals surface area contributed by atoms with Crippen LogP contribution in [0.5, 0.6) is 0 Å². The van der Waals surface area contributed by atoms with Gasteiger partial charge in [0.15, 0.2) is 0 Å². The minimum absolute atomic E-state index is 0.0387. The van der Waals surface area contributed by atoms with Crippen molar-refractivity contribution in [2.24, 2.45) is 5.14 Å². The molecular formula is C22H21N5O2S. The van der Waals surface area contributed by atoms with E-state index in [-0.39, 0.29) is 4.90 Å². The van der Waals surface area contributed by atoms with Crippen molar-refractivity contribution in [3.8, 4) is 16.9 Å². The minimum Gasteiger partial charge on any atom is -0.340 e. The molecule has 0 fully saturated rings. The molecule has 3 N–H and O–H groups in total. The van der Waals surface area contributed by atoms with Gasteiger partial charge >= 0.3 is 0 Å². The Kier molecular flexibility index (Phi) is 5.11. The van der Waals surface area contributed by atoms with Gasteiger partial charge in [0.2, 0.25) is 10.0 Å². The maximum absolute atomic E-state index is 11.6. The largest absolute Gasteiger partial charge is 0.340 e. The number of hydrogen-bond donors (Lipinski definition) is 2. The molecule has 7 nitrogen and oxygen atoms in total. The number of rotatable bonds is 5. The molecule has 0 amide bonds. The number of benzene rings is 2. The van der Waals surface area contributed by atoms with Crippen molar-refractivity contribution >= 4 is 21.5 Å². The van der Waals surface area contributed by atoms with Crippen molar-refractivity contribution < 1.29 is 8.42 Å². The number of anilines is 2. The third-order valence-electron chi connectivity index (χ3n) is 4.57. The summed E-state index contributed by atoms with van der Waals surface area (Å²) in [7, 11) is -3.78. The molecular weight excluding hydrogens is 398 g/mol. The summed E-state index contributed by atoms with van der Waals surface area (Å²) in [6.45, 7) is 4.00. The maximum atomic E-state index is 11.6. The standard InChI is InChI=1S/C22H21N5O2S/c1-15-5-3-7-19(11-15)27-21(12-16(2)26-27)17-9-10-24-22(13-17)25-18-6-4-8-20(14-18)30(23,28)29/h3-14H,1-2H3,(H,24,25)(H2,23,28,29). The first kappa shape index (κ1) is 19.8. The molecule has 0 aliphatic heterocycles. The van der Waals surface area contributed by atoms with Gasteiger partial charge in [-0.25, -0.2) is 23.2 Å². The van der Waals surface area contributed by atoms with Gasteiger partial charge in [0, 0.05) is 17.4 Å². The summed E-state index contributed by atoms with van der Waals surface area (Å²) in [6.07, 6.45) is 1.70. The summed E-state index contributed by atoms with van der Waals surface area (Å²) >= 11 is 0. The Labute approximate surface area is 175 Å². The zero-order valence-corrected chi connectivity index (χ0v) is 17.4. The molecule has 0 bridgehead atoms. The minimum atomic E-state index is -3.78. The summed E-state index contributed by atoms with van der Waals surface area (Å²) in [4.78, 5) is 4.39. The van der Waals surface area contributed by atoms with E-state index in [2.05, 4.69) is 21.5 Å². The van der Waals surface area contributed by atoms with E-state index in [4.69, 9.17) is 5.14 Å². The number of nitrogens with two attached hydrogens (primary N) is 1. The summed E-state index contributed by atoms with van der Waals surface area (Å²) in [5, 5.41) is 13.0. The van der Waals surface area contributed by atoms with Gasteiger partial charge in [0.1, 0.15) is 5.82 Å². The number of sulfonamides is 1. The van der Waals surface area contributed by atoms with E-state index in [0.29, 0.717) is 11.5 Å². The fourth-order valence-corrected chi connectivity index (χ4v) is 3.78. The predicted octanol–water partition coefficient (Wildman–Crippen LogP) is 3.94. The van der Waals surface area contributed by atoms with E-state index in [0.717, 1.165) is 28.2 Å². The molecule has 152 valence electrons. The zero-order chi connectivity index (χ0) is 21.3. The number of primary sulfonamides is 1. The molecule has 0 saturated carbocycles. The van der Waals surface area contributed by atoms with Crippen LogP contribution < -0.4 is 10.5 Å². The van der Waals surface area contributed by atoms with E-state index in [1.54, 1.807) is 18.3 Å². The lowest BCUT2D eigenvalue weighted by Crippen LogP contribution is -2.12. The molecule has 2 aromatic heterocycles. The lowest BCUT2D eigenvalue weighted by atomic mass is 10.1. The van der Waals surface area contributed by atoms with Crippen LogP contribution in [0.15, 0.2) is 77.8 Å². The lowest BCUT2D eigenvalue weighted by molar-refractivity contribution is 0.598. The van der Waals surface area contributed by atoms with Crippen LogP contribution in [0.25, 0.3) is 16.9 Å². The molecule has 2 heterocycles. The van der Waals surface area contributed by atoms with E-state index < -0.39 is 10.0 Å². The second-order valence-electron chi connectivity index (χ2n) is 7.05. The fourth-order valence-electron chi connectivity index (χ4n) is 3.22. The van der Waals surface area contributed by atoms with Crippen LogP contribution in [0, 0.1) is 13.8 Å². The molecule has 2 aromatic carbocycles. The first-order chi connectivity index (χ1) is 14.3. The van der Waals surface area contributed by atoms with Crippen LogP contribution in [0.1, 0.15) is 11.3 Å². The molecule has 0 aliphatic rings. The number of hydrogen-bond acceptors (Lipinski definition) is 5. The van der Waals surface area contributed by atoms with Crippen molar-refractivity contribution in [2.75, 3.05) is 5.32 Å². The Morgan fingerprint density at radius 1 is 0.967 bits per heavy atom. The first-order valence-electron chi connectivity index (χ1n) is 9.30. The number of pyridine rings is 1. The average Bonchev–Trinajstić information content (AvgIpc) is 3.10. The molecule has 30 heavy (non-hydrogen) atoms. The van der Waals surface area contributed by atoms with Crippen LogP contribution in [-0.2, 0) is 10.0 Å². The molecule has 0 spiro atoms. The van der Waals surface area contributed by atoms with Crippen LogP contribution >= 0.6 is 0 Å². The first-order valence-corrected chi connectivity index (χ1v) is 10.8. The third kappa shape index (κ3) is 4.24. The van der Waals surface area contributed by atoms with Gasteiger partial charge in [-0.05, 0) is 67.9 Å². The summed E-state index contributed by atoms with van der Waals surface area (Å²) < 4.78 is 25.1. The van der Waals surface area contributed by atoms with Crippen LogP contribution in [0.2, 0.25) is 0 Å². The topological polar surface area (TPSA) is 103 Å². The second-order valence-corrected chi connectivity index (χ2v) is 8.61. The summed E-state index contributed by atoms with van der Waals surface area (Å²) in [5.41, 5.74) is 5.47.